The number of hydrogen-bond donors (Lipinski definition) is 1. The Kier molecular flexibility index (Phi) is 6.07. The molecule has 0 saturated heterocycles. The van der Waals surface area contributed by atoms with Crippen molar-refractivity contribution in [2.45, 2.75) is 18.4 Å². The second-order valence-corrected chi connectivity index (χ2v) is 4.52. The highest BCUT2D eigenvalue weighted by Crippen LogP contribution is 2.26. The van der Waals surface area contributed by atoms with Gasteiger partial charge in [-0.1, -0.05) is 6.92 Å². The maximum atomic E-state index is 13.7. The lowest BCUT2D eigenvalue weighted by Gasteiger charge is -2.07. The van der Waals surface area contributed by atoms with Crippen molar-refractivity contribution in [3.05, 3.63) is 29.3 Å². The van der Waals surface area contributed by atoms with E-state index in [1.807, 2.05) is 6.92 Å². The average Bonchev–Trinajstić information content (AvgIpc) is 2.34. The highest BCUT2D eigenvalue weighted by atomic mass is 32.2. The molecule has 1 aromatic carbocycles. The first kappa shape index (κ1) is 14.9. The highest BCUT2D eigenvalue weighted by molar-refractivity contribution is 8.00. The Morgan fingerprint density at radius 2 is 2.00 bits per heavy atom. The van der Waals surface area contributed by atoms with Gasteiger partial charge in [-0.3, -0.25) is 4.79 Å². The van der Waals surface area contributed by atoms with Crippen LogP contribution in [0.4, 0.5) is 8.78 Å². The van der Waals surface area contributed by atoms with Crippen molar-refractivity contribution in [3.8, 4) is 0 Å². The molecular weight excluding hydrogens is 260 g/mol. The maximum absolute atomic E-state index is 13.7. The number of thioether (sulfide) groups is 1. The molecular formula is C12H15F2NO2S. The molecule has 1 aromatic rings. The number of hydrogen-bond acceptors (Lipinski definition) is 4. The lowest BCUT2D eigenvalue weighted by atomic mass is 10.2. The second kappa shape index (κ2) is 7.33. The van der Waals surface area contributed by atoms with E-state index in [1.54, 1.807) is 0 Å². The predicted octanol–water partition coefficient (Wildman–Crippen LogP) is 2.34. The van der Waals surface area contributed by atoms with Gasteiger partial charge in [0.15, 0.2) is 0 Å². The van der Waals surface area contributed by atoms with Crippen molar-refractivity contribution >= 4 is 17.7 Å². The normalized spacial score (nSPS) is 10.4. The first-order valence-corrected chi connectivity index (χ1v) is 6.45. The molecule has 0 saturated carbocycles. The fourth-order valence-electron chi connectivity index (χ4n) is 1.31. The lowest BCUT2D eigenvalue weighted by molar-refractivity contribution is -0.137. The first-order chi connectivity index (χ1) is 8.58. The minimum atomic E-state index is -0.656. The summed E-state index contributed by atoms with van der Waals surface area (Å²) < 4.78 is 31.7. The Morgan fingerprint density at radius 3 is 2.50 bits per heavy atom. The second-order valence-electron chi connectivity index (χ2n) is 3.53. The zero-order valence-corrected chi connectivity index (χ0v) is 11.1. The summed E-state index contributed by atoms with van der Waals surface area (Å²) in [7, 11) is 1.23. The van der Waals surface area contributed by atoms with Gasteiger partial charge >= 0.3 is 5.97 Å². The van der Waals surface area contributed by atoms with Crippen LogP contribution in [0.1, 0.15) is 12.5 Å². The molecule has 0 aliphatic carbocycles. The van der Waals surface area contributed by atoms with Gasteiger partial charge in [0.05, 0.1) is 17.8 Å². The summed E-state index contributed by atoms with van der Waals surface area (Å²) in [6.45, 7) is 3.04. The van der Waals surface area contributed by atoms with Crippen molar-refractivity contribution in [1.82, 2.24) is 5.32 Å². The Hall–Kier alpha value is -1.14. The molecule has 1 rings (SSSR count). The van der Waals surface area contributed by atoms with Gasteiger partial charge in [0.2, 0.25) is 0 Å². The van der Waals surface area contributed by atoms with Crippen molar-refractivity contribution in [3.63, 3.8) is 0 Å². The summed E-state index contributed by atoms with van der Waals surface area (Å²) in [5.74, 6) is -1.94. The van der Waals surface area contributed by atoms with Crippen molar-refractivity contribution in [1.29, 1.82) is 0 Å². The molecule has 0 heterocycles. The van der Waals surface area contributed by atoms with Gasteiger partial charge in [0.25, 0.3) is 0 Å². The zero-order valence-electron chi connectivity index (χ0n) is 10.3. The molecule has 6 heteroatoms. The minimum absolute atomic E-state index is 0.114. The topological polar surface area (TPSA) is 38.3 Å². The molecule has 0 aliphatic heterocycles. The largest absolute Gasteiger partial charge is 0.468 e. The van der Waals surface area contributed by atoms with Crippen molar-refractivity contribution < 1.29 is 18.3 Å². The highest BCUT2D eigenvalue weighted by Gasteiger charge is 2.13. The van der Waals surface area contributed by atoms with Crippen LogP contribution in [-0.2, 0) is 16.1 Å². The molecule has 0 amide bonds. The fourth-order valence-corrected chi connectivity index (χ4v) is 2.09. The van der Waals surface area contributed by atoms with E-state index in [1.165, 1.54) is 19.2 Å². The van der Waals surface area contributed by atoms with Gasteiger partial charge in [-0.25, -0.2) is 8.78 Å². The number of esters is 1. The Bertz CT molecular complexity index is 404. The number of halogens is 2. The van der Waals surface area contributed by atoms with Crippen LogP contribution in [0, 0.1) is 11.6 Å². The molecule has 0 spiro atoms. The van der Waals surface area contributed by atoms with Crippen molar-refractivity contribution in [2.24, 2.45) is 0 Å². The molecule has 100 valence electrons. The third-order valence-corrected chi connectivity index (χ3v) is 3.26. The molecule has 0 fully saturated rings. The van der Waals surface area contributed by atoms with Crippen LogP contribution >= 0.6 is 11.8 Å². The van der Waals surface area contributed by atoms with E-state index in [9.17, 15) is 13.6 Å². The van der Waals surface area contributed by atoms with E-state index < -0.39 is 17.6 Å². The summed E-state index contributed by atoms with van der Waals surface area (Å²) in [5, 5.41) is 2.98. The van der Waals surface area contributed by atoms with Crippen LogP contribution in [0.2, 0.25) is 0 Å². The molecule has 0 atom stereocenters. The fraction of sp³-hybridized carbons (Fsp3) is 0.417. The van der Waals surface area contributed by atoms with Gasteiger partial charge in [0, 0.05) is 6.54 Å². The van der Waals surface area contributed by atoms with Gasteiger partial charge < -0.3 is 10.1 Å². The molecule has 1 N–H and O–H groups in total. The van der Waals surface area contributed by atoms with E-state index in [2.05, 4.69) is 10.1 Å². The number of methoxy groups -OCH3 is 1. The van der Waals surface area contributed by atoms with E-state index in [0.717, 1.165) is 18.3 Å². The number of carbonyl (C=O) groups excluding carboxylic acids is 1. The smallest absolute Gasteiger partial charge is 0.315 e. The predicted molar refractivity (Wildman–Crippen MR) is 66.5 cm³/mol. The van der Waals surface area contributed by atoms with Crippen LogP contribution in [0.25, 0.3) is 0 Å². The Morgan fingerprint density at radius 1 is 1.39 bits per heavy atom. The van der Waals surface area contributed by atoms with Gasteiger partial charge in [0.1, 0.15) is 11.6 Å². The number of nitrogens with one attached hydrogen (secondary N) is 1. The van der Waals surface area contributed by atoms with Gasteiger partial charge in [-0.2, -0.15) is 0 Å². The van der Waals surface area contributed by atoms with E-state index in [4.69, 9.17) is 0 Å². The number of benzene rings is 1. The standard InChI is InChI=1S/C12H15F2NO2S/c1-3-15-6-8-4-9(13)12(10(14)5-8)18-7-11(16)17-2/h4-5,15H,3,6-7H2,1-2H3. The lowest BCUT2D eigenvalue weighted by Crippen LogP contribution is -2.12. The molecule has 0 aromatic heterocycles. The van der Waals surface area contributed by atoms with E-state index in [0.29, 0.717) is 12.1 Å². The third kappa shape index (κ3) is 4.27. The summed E-state index contributed by atoms with van der Waals surface area (Å²) in [6.07, 6.45) is 0. The number of ether oxygens (including phenoxy) is 1. The van der Waals surface area contributed by atoms with Gasteiger partial charge in [-0.15, -0.1) is 11.8 Å². The SMILES string of the molecule is CCNCc1cc(F)c(SCC(=O)OC)c(F)c1. The third-order valence-electron chi connectivity index (χ3n) is 2.20. The molecule has 0 unspecified atom stereocenters. The van der Waals surface area contributed by atoms with Crippen molar-refractivity contribution in [2.75, 3.05) is 19.4 Å². The monoisotopic (exact) mass is 275 g/mol. The van der Waals surface area contributed by atoms with Gasteiger partial charge in [-0.05, 0) is 24.2 Å². The summed E-state index contributed by atoms with van der Waals surface area (Å²) in [6, 6.07) is 2.54. The summed E-state index contributed by atoms with van der Waals surface area (Å²) >= 11 is 0.794. The van der Waals surface area contributed by atoms with E-state index >= 15 is 0 Å². The minimum Gasteiger partial charge on any atom is -0.468 e. The van der Waals surface area contributed by atoms with Crippen LogP contribution in [0.5, 0.6) is 0 Å². The van der Waals surface area contributed by atoms with Crippen LogP contribution in [-0.4, -0.2) is 25.4 Å². The summed E-state index contributed by atoms with van der Waals surface area (Å²) in [5.41, 5.74) is 0.536. The van der Waals surface area contributed by atoms with Crippen LogP contribution in [0.15, 0.2) is 17.0 Å². The van der Waals surface area contributed by atoms with Crippen LogP contribution < -0.4 is 5.32 Å². The van der Waals surface area contributed by atoms with Crippen LogP contribution in [0.3, 0.4) is 0 Å². The van der Waals surface area contributed by atoms with E-state index in [-0.39, 0.29) is 10.6 Å². The quantitative estimate of drug-likeness (QED) is 0.639. The Balaban J connectivity index is 2.77. The first-order valence-electron chi connectivity index (χ1n) is 5.46. The summed E-state index contributed by atoms with van der Waals surface area (Å²) in [4.78, 5) is 10.8. The number of carbonyl (C=O) groups is 1. The molecule has 3 nitrogen and oxygen atoms in total. The average molecular weight is 275 g/mol. The molecule has 0 bridgehead atoms. The number of rotatable bonds is 6. The maximum Gasteiger partial charge on any atom is 0.315 e. The molecule has 0 radical (unpaired) electrons. The zero-order chi connectivity index (χ0) is 13.5. The molecule has 18 heavy (non-hydrogen) atoms. The Labute approximate surface area is 109 Å². The molecule has 0 aliphatic rings.